The molecule has 0 unspecified atom stereocenters. The zero-order valence-electron chi connectivity index (χ0n) is 12.0. The smallest absolute Gasteiger partial charge is 0.341 e. The molecule has 5 heteroatoms. The molecule has 0 saturated carbocycles. The highest BCUT2D eigenvalue weighted by Gasteiger charge is 2.17. The summed E-state index contributed by atoms with van der Waals surface area (Å²) in [5.74, 6) is -0.124. The summed E-state index contributed by atoms with van der Waals surface area (Å²) in [6, 6.07) is 6.83. The molecule has 1 N–H and O–H groups in total. The van der Waals surface area contributed by atoms with Crippen LogP contribution in [0.2, 0.25) is 0 Å². The number of benzene rings is 1. The van der Waals surface area contributed by atoms with E-state index in [2.05, 4.69) is 12.2 Å². The molecule has 21 heavy (non-hydrogen) atoms. The highest BCUT2D eigenvalue weighted by molar-refractivity contribution is 5.93. The van der Waals surface area contributed by atoms with Crippen molar-refractivity contribution < 1.29 is 19.4 Å². The van der Waals surface area contributed by atoms with E-state index in [1.165, 1.54) is 0 Å². The SMILES string of the molecule is CN(C(=O)C[C@@H]1C=CCC1)c1ccc(OCC(=O)O)cc1. The van der Waals surface area contributed by atoms with Crippen LogP contribution >= 0.6 is 0 Å². The van der Waals surface area contributed by atoms with Crippen molar-refractivity contribution in [1.82, 2.24) is 0 Å². The predicted molar refractivity (Wildman–Crippen MR) is 79.5 cm³/mol. The summed E-state index contributed by atoms with van der Waals surface area (Å²) in [6.45, 7) is -0.373. The first kappa shape index (κ1) is 15.1. The number of rotatable bonds is 6. The van der Waals surface area contributed by atoms with Gasteiger partial charge in [-0.2, -0.15) is 0 Å². The first-order valence-electron chi connectivity index (χ1n) is 6.94. The van der Waals surface area contributed by atoms with Gasteiger partial charge in [0.05, 0.1) is 0 Å². The summed E-state index contributed by atoms with van der Waals surface area (Å²) in [5, 5.41) is 8.54. The van der Waals surface area contributed by atoms with Crippen molar-refractivity contribution in [3.05, 3.63) is 36.4 Å². The second kappa shape index (κ2) is 6.92. The summed E-state index contributed by atoms with van der Waals surface area (Å²) in [4.78, 5) is 24.2. The predicted octanol–water partition coefficient (Wildman–Crippen LogP) is 2.47. The molecule has 0 radical (unpaired) electrons. The molecule has 0 aromatic heterocycles. The Balaban J connectivity index is 1.92. The van der Waals surface area contributed by atoms with Crippen LogP contribution in [0.25, 0.3) is 0 Å². The molecule has 1 aliphatic rings. The molecule has 0 fully saturated rings. The molecule has 1 atom stereocenters. The Labute approximate surface area is 123 Å². The van der Waals surface area contributed by atoms with Gasteiger partial charge in [-0.15, -0.1) is 0 Å². The lowest BCUT2D eigenvalue weighted by Crippen LogP contribution is -2.27. The summed E-state index contributed by atoms with van der Waals surface area (Å²) < 4.78 is 5.06. The quantitative estimate of drug-likeness (QED) is 0.817. The number of anilines is 1. The van der Waals surface area contributed by atoms with Gasteiger partial charge in [0.1, 0.15) is 5.75 Å². The summed E-state index contributed by atoms with van der Waals surface area (Å²) >= 11 is 0. The van der Waals surface area contributed by atoms with Gasteiger partial charge >= 0.3 is 5.97 Å². The molecule has 1 aromatic carbocycles. The number of hydrogen-bond acceptors (Lipinski definition) is 3. The maximum Gasteiger partial charge on any atom is 0.341 e. The molecule has 1 amide bonds. The summed E-state index contributed by atoms with van der Waals surface area (Å²) in [5.41, 5.74) is 0.768. The maximum absolute atomic E-state index is 12.2. The van der Waals surface area contributed by atoms with Crippen molar-refractivity contribution in [3.8, 4) is 5.75 Å². The molecule has 0 saturated heterocycles. The monoisotopic (exact) mass is 289 g/mol. The number of carboxylic acids is 1. The fourth-order valence-corrected chi connectivity index (χ4v) is 2.28. The minimum Gasteiger partial charge on any atom is -0.482 e. The number of aliphatic carboxylic acids is 1. The van der Waals surface area contributed by atoms with E-state index in [1.54, 1.807) is 36.2 Å². The lowest BCUT2D eigenvalue weighted by Gasteiger charge is -2.19. The van der Waals surface area contributed by atoms with Crippen LogP contribution in [0.1, 0.15) is 19.3 Å². The van der Waals surface area contributed by atoms with E-state index >= 15 is 0 Å². The van der Waals surface area contributed by atoms with Crippen LogP contribution in [0.15, 0.2) is 36.4 Å². The fraction of sp³-hybridized carbons (Fsp3) is 0.375. The van der Waals surface area contributed by atoms with E-state index < -0.39 is 5.97 Å². The normalized spacial score (nSPS) is 16.7. The van der Waals surface area contributed by atoms with Crippen LogP contribution < -0.4 is 9.64 Å². The van der Waals surface area contributed by atoms with E-state index in [-0.39, 0.29) is 12.5 Å². The Hall–Kier alpha value is -2.30. The number of ether oxygens (including phenoxy) is 1. The number of allylic oxidation sites excluding steroid dienone is 2. The van der Waals surface area contributed by atoms with Crippen LogP contribution in [0.5, 0.6) is 5.75 Å². The third-order valence-electron chi connectivity index (χ3n) is 3.51. The Kier molecular flexibility index (Phi) is 4.98. The van der Waals surface area contributed by atoms with Gasteiger partial charge in [0.25, 0.3) is 0 Å². The van der Waals surface area contributed by atoms with E-state index in [9.17, 15) is 9.59 Å². The van der Waals surface area contributed by atoms with Crippen molar-refractivity contribution in [1.29, 1.82) is 0 Å². The topological polar surface area (TPSA) is 66.8 Å². The van der Waals surface area contributed by atoms with Crippen molar-refractivity contribution in [2.45, 2.75) is 19.3 Å². The average molecular weight is 289 g/mol. The molecule has 0 bridgehead atoms. The van der Waals surface area contributed by atoms with E-state index in [0.29, 0.717) is 18.1 Å². The van der Waals surface area contributed by atoms with E-state index in [1.807, 2.05) is 0 Å². The van der Waals surface area contributed by atoms with Crippen LogP contribution in [0.4, 0.5) is 5.69 Å². The van der Waals surface area contributed by atoms with Crippen molar-refractivity contribution >= 4 is 17.6 Å². The van der Waals surface area contributed by atoms with Gasteiger partial charge < -0.3 is 14.7 Å². The molecular weight excluding hydrogens is 270 g/mol. The van der Waals surface area contributed by atoms with Crippen LogP contribution in [0, 0.1) is 5.92 Å². The minimum absolute atomic E-state index is 0.0748. The highest BCUT2D eigenvalue weighted by Crippen LogP contribution is 2.24. The number of carboxylic acid groups (broad SMARTS) is 1. The second-order valence-corrected chi connectivity index (χ2v) is 5.10. The Morgan fingerprint density at radius 3 is 2.62 bits per heavy atom. The Bertz CT molecular complexity index is 536. The number of hydrogen-bond donors (Lipinski definition) is 1. The van der Waals surface area contributed by atoms with Gasteiger partial charge in [-0.3, -0.25) is 4.79 Å². The minimum atomic E-state index is -1.02. The van der Waals surface area contributed by atoms with E-state index in [4.69, 9.17) is 9.84 Å². The Morgan fingerprint density at radius 1 is 1.33 bits per heavy atom. The maximum atomic E-state index is 12.2. The molecule has 0 aliphatic heterocycles. The number of carbonyl (C=O) groups excluding carboxylic acids is 1. The first-order chi connectivity index (χ1) is 10.1. The van der Waals surface area contributed by atoms with Gasteiger partial charge in [-0.25, -0.2) is 4.79 Å². The third-order valence-corrected chi connectivity index (χ3v) is 3.51. The largest absolute Gasteiger partial charge is 0.482 e. The molecule has 5 nitrogen and oxygen atoms in total. The van der Waals surface area contributed by atoms with Crippen molar-refractivity contribution in [2.24, 2.45) is 5.92 Å². The first-order valence-corrected chi connectivity index (χ1v) is 6.94. The van der Waals surface area contributed by atoms with Gasteiger partial charge in [0.2, 0.25) is 5.91 Å². The van der Waals surface area contributed by atoms with E-state index in [0.717, 1.165) is 18.5 Å². The lowest BCUT2D eigenvalue weighted by molar-refractivity contribution is -0.139. The summed E-state index contributed by atoms with van der Waals surface area (Å²) in [6.07, 6.45) is 6.84. The molecule has 0 heterocycles. The Morgan fingerprint density at radius 2 is 2.05 bits per heavy atom. The van der Waals surface area contributed by atoms with Crippen LogP contribution in [-0.4, -0.2) is 30.6 Å². The molecule has 2 rings (SSSR count). The molecule has 112 valence electrons. The average Bonchev–Trinajstić information content (AvgIpc) is 2.97. The summed E-state index contributed by atoms with van der Waals surface area (Å²) in [7, 11) is 1.74. The number of nitrogens with zero attached hydrogens (tertiary/aromatic N) is 1. The fourth-order valence-electron chi connectivity index (χ4n) is 2.28. The second-order valence-electron chi connectivity index (χ2n) is 5.10. The van der Waals surface area contributed by atoms with Crippen molar-refractivity contribution in [2.75, 3.05) is 18.6 Å². The van der Waals surface area contributed by atoms with Crippen LogP contribution in [-0.2, 0) is 9.59 Å². The highest BCUT2D eigenvalue weighted by atomic mass is 16.5. The van der Waals surface area contributed by atoms with Crippen molar-refractivity contribution in [3.63, 3.8) is 0 Å². The lowest BCUT2D eigenvalue weighted by atomic mass is 10.0. The van der Waals surface area contributed by atoms with Gasteiger partial charge in [-0.1, -0.05) is 12.2 Å². The van der Waals surface area contributed by atoms with Gasteiger partial charge in [0.15, 0.2) is 6.61 Å². The molecule has 1 aromatic rings. The molecular formula is C16H19NO4. The third kappa shape index (κ3) is 4.34. The molecule has 0 spiro atoms. The number of amides is 1. The van der Waals surface area contributed by atoms with Gasteiger partial charge in [-0.05, 0) is 43.0 Å². The van der Waals surface area contributed by atoms with Gasteiger partial charge in [0, 0.05) is 19.2 Å². The standard InChI is InChI=1S/C16H19NO4/c1-17(15(18)10-12-4-2-3-5-12)13-6-8-14(9-7-13)21-11-16(19)20/h2,4,6-9,12H,3,5,10-11H2,1H3,(H,19,20)/t12-/m1/s1. The number of carbonyl (C=O) groups is 2. The molecule has 1 aliphatic carbocycles. The zero-order chi connectivity index (χ0) is 15.2. The zero-order valence-corrected chi connectivity index (χ0v) is 12.0. The van der Waals surface area contributed by atoms with Crippen LogP contribution in [0.3, 0.4) is 0 Å².